The fourth-order valence-electron chi connectivity index (χ4n) is 0.849. The standard InChI is InChI=1S/C9H11N3O3S/c13-7(6-16-5-2-8(14)15)12-9-10-3-1-4-11-9/h1,3-4H,2,5-6H2,(H,14,15)(H,10,11,12,13). The zero-order valence-corrected chi connectivity index (χ0v) is 9.24. The summed E-state index contributed by atoms with van der Waals surface area (Å²) >= 11 is 1.26. The van der Waals surface area contributed by atoms with E-state index >= 15 is 0 Å². The van der Waals surface area contributed by atoms with E-state index in [4.69, 9.17) is 5.11 Å². The van der Waals surface area contributed by atoms with Crippen LogP contribution in [0.5, 0.6) is 0 Å². The molecule has 0 aromatic carbocycles. The van der Waals surface area contributed by atoms with Gasteiger partial charge in [0, 0.05) is 18.1 Å². The van der Waals surface area contributed by atoms with Gasteiger partial charge in [-0.05, 0) is 6.07 Å². The van der Waals surface area contributed by atoms with Gasteiger partial charge in [0.05, 0.1) is 12.2 Å². The van der Waals surface area contributed by atoms with Crippen molar-refractivity contribution in [3.8, 4) is 0 Å². The van der Waals surface area contributed by atoms with Crippen LogP contribution < -0.4 is 5.32 Å². The molecule has 86 valence electrons. The predicted molar refractivity (Wildman–Crippen MR) is 60.2 cm³/mol. The molecule has 0 aliphatic heterocycles. The molecule has 0 saturated heterocycles. The molecule has 1 heterocycles. The largest absolute Gasteiger partial charge is 0.481 e. The lowest BCUT2D eigenvalue weighted by Gasteiger charge is -2.01. The van der Waals surface area contributed by atoms with Crippen molar-refractivity contribution in [3.05, 3.63) is 18.5 Å². The summed E-state index contributed by atoms with van der Waals surface area (Å²) in [5, 5.41) is 10.9. The molecule has 0 saturated carbocycles. The van der Waals surface area contributed by atoms with E-state index in [9.17, 15) is 9.59 Å². The number of nitrogens with one attached hydrogen (secondary N) is 1. The predicted octanol–water partition coefficient (Wildman–Crippen LogP) is 0.623. The number of hydrogen-bond donors (Lipinski definition) is 2. The number of carbonyl (C=O) groups excluding carboxylic acids is 1. The number of hydrogen-bond acceptors (Lipinski definition) is 5. The lowest BCUT2D eigenvalue weighted by molar-refractivity contribution is -0.136. The van der Waals surface area contributed by atoms with Crippen molar-refractivity contribution in [2.24, 2.45) is 0 Å². The van der Waals surface area contributed by atoms with E-state index in [1.165, 1.54) is 24.2 Å². The first-order valence-corrected chi connectivity index (χ1v) is 5.70. The normalized spacial score (nSPS) is 9.75. The van der Waals surface area contributed by atoms with Gasteiger partial charge in [-0.25, -0.2) is 9.97 Å². The van der Waals surface area contributed by atoms with E-state index in [1.54, 1.807) is 6.07 Å². The smallest absolute Gasteiger partial charge is 0.304 e. The number of amides is 1. The third-order valence-electron chi connectivity index (χ3n) is 1.51. The van der Waals surface area contributed by atoms with Crippen molar-refractivity contribution in [1.29, 1.82) is 0 Å². The van der Waals surface area contributed by atoms with Gasteiger partial charge in [-0.1, -0.05) is 0 Å². The highest BCUT2D eigenvalue weighted by Gasteiger charge is 2.04. The summed E-state index contributed by atoms with van der Waals surface area (Å²) in [6, 6.07) is 1.65. The Hall–Kier alpha value is -1.63. The Balaban J connectivity index is 2.19. The molecule has 6 nitrogen and oxygen atoms in total. The Labute approximate surface area is 96.5 Å². The molecule has 1 amide bonds. The maximum absolute atomic E-state index is 11.3. The Morgan fingerprint density at radius 2 is 2.06 bits per heavy atom. The quantitative estimate of drug-likeness (QED) is 0.709. The minimum atomic E-state index is -0.862. The molecule has 0 aliphatic rings. The SMILES string of the molecule is O=C(O)CCSCC(=O)Nc1ncccn1. The molecule has 1 aromatic rings. The summed E-state index contributed by atoms with van der Waals surface area (Å²) in [5.74, 6) is -0.226. The van der Waals surface area contributed by atoms with Crippen LogP contribution >= 0.6 is 11.8 Å². The Kier molecular flexibility index (Phi) is 5.27. The fraction of sp³-hybridized carbons (Fsp3) is 0.333. The molecule has 2 N–H and O–H groups in total. The second-order valence-corrected chi connectivity index (χ2v) is 3.92. The van der Waals surface area contributed by atoms with Crippen LogP contribution in [0.4, 0.5) is 5.95 Å². The van der Waals surface area contributed by atoms with Gasteiger partial charge in [-0.15, -0.1) is 0 Å². The molecule has 1 rings (SSSR count). The maximum Gasteiger partial charge on any atom is 0.304 e. The van der Waals surface area contributed by atoms with Crippen molar-refractivity contribution in [1.82, 2.24) is 9.97 Å². The topological polar surface area (TPSA) is 92.2 Å². The third-order valence-corrected chi connectivity index (χ3v) is 2.47. The first-order chi connectivity index (χ1) is 7.68. The van der Waals surface area contributed by atoms with Crippen LogP contribution in [-0.2, 0) is 9.59 Å². The number of nitrogens with zero attached hydrogens (tertiary/aromatic N) is 2. The number of aromatic nitrogens is 2. The Morgan fingerprint density at radius 1 is 1.38 bits per heavy atom. The van der Waals surface area contributed by atoms with E-state index < -0.39 is 5.97 Å². The number of rotatable bonds is 6. The fourth-order valence-corrected chi connectivity index (χ4v) is 1.57. The number of thioether (sulfide) groups is 1. The van der Waals surface area contributed by atoms with E-state index in [1.807, 2.05) is 0 Å². The van der Waals surface area contributed by atoms with Crippen molar-refractivity contribution in [3.63, 3.8) is 0 Å². The summed E-state index contributed by atoms with van der Waals surface area (Å²) in [6.45, 7) is 0. The lowest BCUT2D eigenvalue weighted by atomic mass is 10.5. The zero-order chi connectivity index (χ0) is 11.8. The van der Waals surface area contributed by atoms with Crippen LogP contribution in [0, 0.1) is 0 Å². The highest BCUT2D eigenvalue weighted by atomic mass is 32.2. The highest BCUT2D eigenvalue weighted by molar-refractivity contribution is 7.99. The summed E-state index contributed by atoms with van der Waals surface area (Å²) < 4.78 is 0. The molecule has 7 heteroatoms. The van der Waals surface area contributed by atoms with Gasteiger partial charge in [-0.2, -0.15) is 11.8 Å². The number of carbonyl (C=O) groups is 2. The molecule has 16 heavy (non-hydrogen) atoms. The number of carboxylic acids is 1. The molecule has 0 spiro atoms. The van der Waals surface area contributed by atoms with Crippen LogP contribution in [0.1, 0.15) is 6.42 Å². The molecule has 0 radical (unpaired) electrons. The van der Waals surface area contributed by atoms with Crippen molar-refractivity contribution < 1.29 is 14.7 Å². The first kappa shape index (κ1) is 12.4. The molecule has 0 atom stereocenters. The van der Waals surface area contributed by atoms with E-state index in [0.717, 1.165) is 0 Å². The van der Waals surface area contributed by atoms with Crippen LogP contribution in [0.2, 0.25) is 0 Å². The first-order valence-electron chi connectivity index (χ1n) is 4.55. The molecular formula is C9H11N3O3S. The van der Waals surface area contributed by atoms with Gasteiger partial charge in [0.25, 0.3) is 0 Å². The van der Waals surface area contributed by atoms with Gasteiger partial charge >= 0.3 is 5.97 Å². The van der Waals surface area contributed by atoms with Gasteiger partial charge < -0.3 is 5.11 Å². The highest BCUT2D eigenvalue weighted by Crippen LogP contribution is 2.03. The van der Waals surface area contributed by atoms with E-state index in [-0.39, 0.29) is 24.0 Å². The van der Waals surface area contributed by atoms with Crippen LogP contribution in [0.25, 0.3) is 0 Å². The number of aliphatic carboxylic acids is 1. The second-order valence-electron chi connectivity index (χ2n) is 2.82. The van der Waals surface area contributed by atoms with Gasteiger partial charge in [-0.3, -0.25) is 14.9 Å². The third kappa shape index (κ3) is 5.30. The Morgan fingerprint density at radius 3 is 2.69 bits per heavy atom. The van der Waals surface area contributed by atoms with Gasteiger partial charge in [0.15, 0.2) is 0 Å². The van der Waals surface area contributed by atoms with Crippen LogP contribution in [-0.4, -0.2) is 38.5 Å². The molecule has 0 aliphatic carbocycles. The second kappa shape index (κ2) is 6.78. The molecule has 0 unspecified atom stereocenters. The van der Waals surface area contributed by atoms with Crippen LogP contribution in [0.15, 0.2) is 18.5 Å². The van der Waals surface area contributed by atoms with Gasteiger partial charge in [0.1, 0.15) is 0 Å². The number of anilines is 1. The van der Waals surface area contributed by atoms with E-state index in [2.05, 4.69) is 15.3 Å². The molecule has 1 aromatic heterocycles. The maximum atomic E-state index is 11.3. The van der Waals surface area contributed by atoms with Crippen molar-refractivity contribution in [2.45, 2.75) is 6.42 Å². The number of carboxylic acid groups (broad SMARTS) is 1. The summed E-state index contributed by atoms with van der Waals surface area (Å²) in [5.41, 5.74) is 0. The summed E-state index contributed by atoms with van der Waals surface area (Å²) in [6.07, 6.45) is 3.11. The summed E-state index contributed by atoms with van der Waals surface area (Å²) in [4.78, 5) is 29.2. The minimum absolute atomic E-state index is 0.0553. The van der Waals surface area contributed by atoms with Crippen molar-refractivity contribution >= 4 is 29.6 Å². The molecule has 0 bridgehead atoms. The molecular weight excluding hydrogens is 230 g/mol. The average Bonchev–Trinajstić information content (AvgIpc) is 2.25. The minimum Gasteiger partial charge on any atom is -0.481 e. The monoisotopic (exact) mass is 241 g/mol. The average molecular weight is 241 g/mol. The summed E-state index contributed by atoms with van der Waals surface area (Å²) in [7, 11) is 0. The Bertz CT molecular complexity index is 358. The van der Waals surface area contributed by atoms with Crippen molar-refractivity contribution in [2.75, 3.05) is 16.8 Å². The van der Waals surface area contributed by atoms with Gasteiger partial charge in [0.2, 0.25) is 11.9 Å². The van der Waals surface area contributed by atoms with E-state index in [0.29, 0.717) is 5.75 Å². The zero-order valence-electron chi connectivity index (χ0n) is 8.42. The van der Waals surface area contributed by atoms with Crippen LogP contribution in [0.3, 0.4) is 0 Å². The molecule has 0 fully saturated rings. The lowest BCUT2D eigenvalue weighted by Crippen LogP contribution is -2.16.